The third-order valence-electron chi connectivity index (χ3n) is 3.35. The van der Waals surface area contributed by atoms with Crippen LogP contribution in [0.5, 0.6) is 11.5 Å². The molecule has 1 N–H and O–H groups in total. The second-order valence-electron chi connectivity index (χ2n) is 4.95. The molecule has 0 saturated heterocycles. The Hall–Kier alpha value is -2.09. The van der Waals surface area contributed by atoms with Crippen molar-refractivity contribution in [3.63, 3.8) is 0 Å². The van der Waals surface area contributed by atoms with Gasteiger partial charge in [0.25, 0.3) is 5.91 Å². The molecule has 2 aromatic heterocycles. The Morgan fingerprint density at radius 3 is 2.79 bits per heavy atom. The molecule has 0 aliphatic carbocycles. The number of hydrogen-bond donors (Lipinski definition) is 1. The first-order chi connectivity index (χ1) is 11.7. The highest BCUT2D eigenvalue weighted by Gasteiger charge is 2.16. The van der Waals surface area contributed by atoms with Crippen LogP contribution >= 0.6 is 34.3 Å². The Kier molecular flexibility index (Phi) is 4.13. The van der Waals surface area contributed by atoms with Crippen molar-refractivity contribution >= 4 is 45.3 Å². The Bertz CT molecular complexity index is 906. The van der Waals surface area contributed by atoms with Gasteiger partial charge in [-0.05, 0) is 30.3 Å². The van der Waals surface area contributed by atoms with E-state index in [-0.39, 0.29) is 5.91 Å². The van der Waals surface area contributed by atoms with E-state index in [1.54, 1.807) is 18.2 Å². The number of ether oxygens (including phenoxy) is 2. The summed E-state index contributed by atoms with van der Waals surface area (Å²) < 4.78 is 11.7. The van der Waals surface area contributed by atoms with E-state index in [9.17, 15) is 4.79 Å². The lowest BCUT2D eigenvalue weighted by molar-refractivity contribution is 0.102. The van der Waals surface area contributed by atoms with Gasteiger partial charge >= 0.3 is 0 Å². The second kappa shape index (κ2) is 6.43. The Labute approximate surface area is 150 Å². The summed E-state index contributed by atoms with van der Waals surface area (Å²) in [6, 6.07) is 8.86. The van der Waals surface area contributed by atoms with E-state index in [0.29, 0.717) is 39.7 Å². The summed E-state index contributed by atoms with van der Waals surface area (Å²) in [5.41, 5.74) is 1.30. The number of benzene rings is 1. The Balaban J connectivity index is 1.51. The summed E-state index contributed by atoms with van der Waals surface area (Å²) in [4.78, 5) is 17.8. The normalized spacial score (nSPS) is 12.9. The first kappa shape index (κ1) is 15.4. The monoisotopic (exact) mass is 378 g/mol. The lowest BCUT2D eigenvalue weighted by Crippen LogP contribution is -2.17. The van der Waals surface area contributed by atoms with Crippen LogP contribution in [-0.2, 0) is 0 Å². The maximum absolute atomic E-state index is 12.4. The minimum absolute atomic E-state index is 0.239. The number of fused-ring (bicyclic) bond motifs is 1. The van der Waals surface area contributed by atoms with Gasteiger partial charge in [-0.25, -0.2) is 4.98 Å². The van der Waals surface area contributed by atoms with Crippen LogP contribution in [0.4, 0.5) is 5.13 Å². The van der Waals surface area contributed by atoms with Gasteiger partial charge in [-0.2, -0.15) is 0 Å². The van der Waals surface area contributed by atoms with Crippen LogP contribution in [0.2, 0.25) is 4.34 Å². The molecule has 8 heteroatoms. The van der Waals surface area contributed by atoms with Crippen LogP contribution < -0.4 is 14.8 Å². The van der Waals surface area contributed by atoms with Crippen molar-refractivity contribution < 1.29 is 14.3 Å². The molecule has 1 aliphatic rings. The summed E-state index contributed by atoms with van der Waals surface area (Å²) >= 11 is 8.76. The van der Waals surface area contributed by atoms with E-state index in [1.165, 1.54) is 22.7 Å². The molecule has 1 amide bonds. The fraction of sp³-hybridized carbons (Fsp3) is 0.125. The number of rotatable bonds is 3. The molecular formula is C16H11ClN2O3S2. The van der Waals surface area contributed by atoms with E-state index < -0.39 is 0 Å². The Morgan fingerprint density at radius 1 is 1.17 bits per heavy atom. The SMILES string of the molecule is O=C(Nc1nc(-c2ccc(Cl)s2)cs1)c1ccc2c(c1)OCCO2. The number of anilines is 1. The van der Waals surface area contributed by atoms with E-state index in [4.69, 9.17) is 21.1 Å². The number of nitrogens with one attached hydrogen (secondary N) is 1. The fourth-order valence-corrected chi connectivity index (χ4v) is 4.03. The van der Waals surface area contributed by atoms with Gasteiger partial charge in [0, 0.05) is 10.9 Å². The minimum atomic E-state index is -0.239. The van der Waals surface area contributed by atoms with Crippen molar-refractivity contribution in [1.82, 2.24) is 4.98 Å². The molecule has 0 unspecified atom stereocenters. The lowest BCUT2D eigenvalue weighted by Gasteiger charge is -2.18. The van der Waals surface area contributed by atoms with Gasteiger partial charge in [0.1, 0.15) is 13.2 Å². The molecule has 5 nitrogen and oxygen atoms in total. The molecule has 1 aromatic carbocycles. The summed E-state index contributed by atoms with van der Waals surface area (Å²) in [6.07, 6.45) is 0. The van der Waals surface area contributed by atoms with E-state index in [0.717, 1.165) is 10.6 Å². The van der Waals surface area contributed by atoms with Gasteiger partial charge in [0.2, 0.25) is 0 Å². The van der Waals surface area contributed by atoms with Gasteiger partial charge in [-0.1, -0.05) is 11.6 Å². The quantitative estimate of drug-likeness (QED) is 0.726. The number of carbonyl (C=O) groups excluding carboxylic acids is 1. The summed E-state index contributed by atoms with van der Waals surface area (Å²) in [5.74, 6) is 1.00. The molecule has 0 bridgehead atoms. The fourth-order valence-electron chi connectivity index (χ4n) is 2.25. The molecule has 4 rings (SSSR count). The first-order valence-electron chi connectivity index (χ1n) is 7.11. The number of thiazole rings is 1. The third kappa shape index (κ3) is 3.10. The predicted octanol–water partition coefficient (Wildman–Crippen LogP) is 4.55. The summed E-state index contributed by atoms with van der Waals surface area (Å²) in [5, 5.41) is 5.23. The number of hydrogen-bond acceptors (Lipinski definition) is 6. The zero-order valence-electron chi connectivity index (χ0n) is 12.2. The molecule has 0 atom stereocenters. The van der Waals surface area contributed by atoms with Crippen molar-refractivity contribution in [2.45, 2.75) is 0 Å². The minimum Gasteiger partial charge on any atom is -0.486 e. The molecule has 122 valence electrons. The van der Waals surface area contributed by atoms with E-state index in [1.807, 2.05) is 17.5 Å². The van der Waals surface area contributed by atoms with E-state index in [2.05, 4.69) is 10.3 Å². The maximum atomic E-state index is 12.4. The molecule has 0 fully saturated rings. The van der Waals surface area contributed by atoms with Crippen LogP contribution in [0.1, 0.15) is 10.4 Å². The highest BCUT2D eigenvalue weighted by atomic mass is 35.5. The Morgan fingerprint density at radius 2 is 2.00 bits per heavy atom. The average Bonchev–Trinajstić information content (AvgIpc) is 3.23. The van der Waals surface area contributed by atoms with E-state index >= 15 is 0 Å². The topological polar surface area (TPSA) is 60.5 Å². The standard InChI is InChI=1S/C16H11ClN2O3S2/c17-14-4-3-13(24-14)10-8-23-16(18-10)19-15(20)9-1-2-11-12(7-9)22-6-5-21-11/h1-4,7-8H,5-6H2,(H,18,19,20). The molecule has 1 aliphatic heterocycles. The number of carbonyl (C=O) groups is 1. The molecule has 0 spiro atoms. The number of halogens is 1. The van der Waals surface area contributed by atoms with Crippen molar-refractivity contribution in [1.29, 1.82) is 0 Å². The van der Waals surface area contributed by atoms with Crippen LogP contribution in [0, 0.1) is 0 Å². The van der Waals surface area contributed by atoms with Gasteiger partial charge in [0.05, 0.1) is 14.9 Å². The molecule has 3 aromatic rings. The summed E-state index contributed by atoms with van der Waals surface area (Å²) in [6.45, 7) is 1.00. The van der Waals surface area contributed by atoms with Crippen molar-refractivity contribution in [3.05, 3.63) is 45.6 Å². The highest BCUT2D eigenvalue weighted by Crippen LogP contribution is 2.34. The smallest absolute Gasteiger partial charge is 0.257 e. The molecule has 0 saturated carbocycles. The number of aromatic nitrogens is 1. The van der Waals surface area contributed by atoms with Crippen LogP contribution in [0.25, 0.3) is 10.6 Å². The van der Waals surface area contributed by atoms with Crippen molar-refractivity contribution in [2.24, 2.45) is 0 Å². The van der Waals surface area contributed by atoms with Gasteiger partial charge in [-0.3, -0.25) is 10.1 Å². The first-order valence-corrected chi connectivity index (χ1v) is 9.19. The summed E-state index contributed by atoms with van der Waals surface area (Å²) in [7, 11) is 0. The highest BCUT2D eigenvalue weighted by molar-refractivity contribution is 7.20. The molecule has 24 heavy (non-hydrogen) atoms. The zero-order valence-corrected chi connectivity index (χ0v) is 14.6. The molecular weight excluding hydrogens is 368 g/mol. The van der Waals surface area contributed by atoms with Gasteiger partial charge in [-0.15, -0.1) is 22.7 Å². The number of nitrogens with zero attached hydrogens (tertiary/aromatic N) is 1. The molecule has 3 heterocycles. The molecule has 0 radical (unpaired) electrons. The van der Waals surface area contributed by atoms with Crippen LogP contribution in [0.15, 0.2) is 35.7 Å². The largest absolute Gasteiger partial charge is 0.486 e. The van der Waals surface area contributed by atoms with Gasteiger partial charge in [0.15, 0.2) is 16.6 Å². The number of amides is 1. The van der Waals surface area contributed by atoms with Gasteiger partial charge < -0.3 is 9.47 Å². The van der Waals surface area contributed by atoms with Crippen molar-refractivity contribution in [3.8, 4) is 22.1 Å². The second-order valence-corrected chi connectivity index (χ2v) is 7.53. The third-order valence-corrected chi connectivity index (χ3v) is 5.37. The number of thiophene rings is 1. The maximum Gasteiger partial charge on any atom is 0.257 e. The average molecular weight is 379 g/mol. The zero-order chi connectivity index (χ0) is 16.5. The lowest BCUT2D eigenvalue weighted by atomic mass is 10.2. The van der Waals surface area contributed by atoms with Crippen molar-refractivity contribution in [2.75, 3.05) is 18.5 Å². The van der Waals surface area contributed by atoms with Crippen LogP contribution in [0.3, 0.4) is 0 Å². The van der Waals surface area contributed by atoms with Crippen LogP contribution in [-0.4, -0.2) is 24.1 Å². The predicted molar refractivity (Wildman–Crippen MR) is 95.8 cm³/mol.